The van der Waals surface area contributed by atoms with Crippen LogP contribution < -0.4 is 15.8 Å². The van der Waals surface area contributed by atoms with Crippen molar-refractivity contribution in [1.29, 1.82) is 0 Å². The molecule has 9 rings (SSSR count). The van der Waals surface area contributed by atoms with Crippen LogP contribution in [-0.2, 0) is 18.6 Å². The Kier molecular flexibility index (Phi) is 10.4. The highest BCUT2D eigenvalue weighted by molar-refractivity contribution is 6.62. The van der Waals surface area contributed by atoms with Crippen LogP contribution in [0, 0.1) is 0 Å². The molecule has 0 amide bonds. The van der Waals surface area contributed by atoms with E-state index in [1.165, 1.54) is 38.9 Å². The van der Waals surface area contributed by atoms with Crippen LogP contribution in [0.2, 0.25) is 0 Å². The molecule has 2 heterocycles. The van der Waals surface area contributed by atoms with E-state index in [-0.39, 0.29) is 0 Å². The monoisotopic (exact) mass is 801 g/mol. The van der Waals surface area contributed by atoms with Crippen LogP contribution in [0.3, 0.4) is 0 Å². The first-order valence-corrected chi connectivity index (χ1v) is 21.4. The summed E-state index contributed by atoms with van der Waals surface area (Å²) in [6.45, 7) is 16.7. The third-order valence-electron chi connectivity index (χ3n) is 13.2. The average Bonchev–Trinajstić information content (AvgIpc) is 3.64. The van der Waals surface area contributed by atoms with Gasteiger partial charge in [0.1, 0.15) is 0 Å². The van der Waals surface area contributed by atoms with Gasteiger partial charge in [0, 0.05) is 17.1 Å². The second kappa shape index (κ2) is 15.6. The van der Waals surface area contributed by atoms with Gasteiger partial charge >= 0.3 is 14.2 Å². The van der Waals surface area contributed by atoms with E-state index in [1.807, 2.05) is 0 Å². The zero-order chi connectivity index (χ0) is 42.6. The van der Waals surface area contributed by atoms with Crippen molar-refractivity contribution in [2.45, 2.75) is 77.8 Å². The fourth-order valence-electron chi connectivity index (χ4n) is 8.18. The Bertz CT molecular complexity index is 2460. The first-order chi connectivity index (χ1) is 29.2. The molecule has 61 heavy (non-hydrogen) atoms. The molecule has 0 radical (unpaired) electrons. The minimum Gasteiger partial charge on any atom is -0.399 e. The molecule has 7 aromatic rings. The van der Waals surface area contributed by atoms with Crippen molar-refractivity contribution in [1.82, 2.24) is 0 Å². The highest BCUT2D eigenvalue weighted by atomic mass is 16.7. The summed E-state index contributed by atoms with van der Waals surface area (Å²) in [5, 5.41) is 0. The summed E-state index contributed by atoms with van der Waals surface area (Å²) in [7, 11) is -0.895. The van der Waals surface area contributed by atoms with Crippen LogP contribution >= 0.6 is 0 Å². The van der Waals surface area contributed by atoms with Crippen LogP contribution in [0.5, 0.6) is 0 Å². The van der Waals surface area contributed by atoms with E-state index in [0.29, 0.717) is 0 Å². The Morgan fingerprint density at radius 3 is 0.984 bits per heavy atom. The first-order valence-electron chi connectivity index (χ1n) is 21.4. The van der Waals surface area contributed by atoms with Gasteiger partial charge in [-0.1, -0.05) is 127 Å². The fraction of sp³-hybridized carbons (Fsp3) is 0.222. The minimum atomic E-state index is -0.447. The number of benzene rings is 7. The van der Waals surface area contributed by atoms with E-state index in [1.54, 1.807) is 0 Å². The van der Waals surface area contributed by atoms with Crippen molar-refractivity contribution in [2.75, 3.05) is 4.90 Å². The summed E-state index contributed by atoms with van der Waals surface area (Å²) < 4.78 is 25.7. The van der Waals surface area contributed by atoms with Crippen LogP contribution in [-0.4, -0.2) is 36.6 Å². The summed E-state index contributed by atoms with van der Waals surface area (Å²) in [4.78, 5) is 2.29. The number of nitrogens with zero attached hydrogens (tertiary/aromatic N) is 1. The molecule has 304 valence electrons. The predicted octanol–water partition coefficient (Wildman–Crippen LogP) is 12.4. The first kappa shape index (κ1) is 40.7. The largest absolute Gasteiger partial charge is 0.494 e. The molecule has 0 spiro atoms. The lowest BCUT2D eigenvalue weighted by molar-refractivity contribution is 0.00578. The maximum atomic E-state index is 6.42. The van der Waals surface area contributed by atoms with Gasteiger partial charge in [-0.3, -0.25) is 0 Å². The van der Waals surface area contributed by atoms with Gasteiger partial charge in [0.2, 0.25) is 0 Å². The Morgan fingerprint density at radius 1 is 0.328 bits per heavy atom. The van der Waals surface area contributed by atoms with E-state index in [2.05, 4.69) is 236 Å². The van der Waals surface area contributed by atoms with Gasteiger partial charge < -0.3 is 23.5 Å². The molecule has 0 aliphatic carbocycles. The highest BCUT2D eigenvalue weighted by Gasteiger charge is 2.52. The summed E-state index contributed by atoms with van der Waals surface area (Å²) >= 11 is 0. The molecule has 2 aliphatic rings. The predicted molar refractivity (Wildman–Crippen MR) is 254 cm³/mol. The van der Waals surface area contributed by atoms with Gasteiger partial charge in [-0.05, 0) is 159 Å². The summed E-state index contributed by atoms with van der Waals surface area (Å²) in [5.74, 6) is 0. The normalized spacial score (nSPS) is 17.4. The lowest BCUT2D eigenvalue weighted by Crippen LogP contribution is -2.41. The number of hydrogen-bond acceptors (Lipinski definition) is 5. The fourth-order valence-corrected chi connectivity index (χ4v) is 8.18. The Labute approximate surface area is 362 Å². The SMILES string of the molecule is CC1(C)OB(c2ccc(N(c3ccc(B4OC(C)(C)C(C)(C)O4)cc3)c3ccc(-c4c(-c5ccccc5)cc(-c5ccccc5)cc4-c4ccccc4)cc3)cc2)OC1(C)C. The van der Waals surface area contributed by atoms with Crippen molar-refractivity contribution in [3.8, 4) is 44.5 Å². The lowest BCUT2D eigenvalue weighted by atomic mass is 9.79. The molecule has 0 bridgehead atoms. The Hall–Kier alpha value is -5.69. The summed E-state index contributed by atoms with van der Waals surface area (Å²) in [6.07, 6.45) is 0. The van der Waals surface area contributed by atoms with Gasteiger partial charge in [0.05, 0.1) is 22.4 Å². The average molecular weight is 802 g/mol. The molecule has 0 N–H and O–H groups in total. The van der Waals surface area contributed by atoms with Gasteiger partial charge in [-0.15, -0.1) is 0 Å². The van der Waals surface area contributed by atoms with Crippen molar-refractivity contribution in [3.63, 3.8) is 0 Å². The van der Waals surface area contributed by atoms with Crippen molar-refractivity contribution in [2.24, 2.45) is 0 Å². The smallest absolute Gasteiger partial charge is 0.399 e. The highest BCUT2D eigenvalue weighted by Crippen LogP contribution is 2.45. The molecule has 0 aromatic heterocycles. The van der Waals surface area contributed by atoms with E-state index >= 15 is 0 Å². The van der Waals surface area contributed by atoms with Crippen LogP contribution in [0.15, 0.2) is 176 Å². The van der Waals surface area contributed by atoms with Crippen molar-refractivity contribution < 1.29 is 18.6 Å². The van der Waals surface area contributed by atoms with Crippen molar-refractivity contribution in [3.05, 3.63) is 176 Å². The second-order valence-electron chi connectivity index (χ2n) is 18.3. The van der Waals surface area contributed by atoms with Crippen molar-refractivity contribution >= 4 is 42.2 Å². The van der Waals surface area contributed by atoms with E-state index in [4.69, 9.17) is 18.6 Å². The molecule has 2 aliphatic heterocycles. The van der Waals surface area contributed by atoms with Crippen LogP contribution in [0.1, 0.15) is 55.4 Å². The lowest BCUT2D eigenvalue weighted by Gasteiger charge is -2.32. The van der Waals surface area contributed by atoms with E-state index in [0.717, 1.165) is 33.6 Å². The molecule has 7 heteroatoms. The number of hydrogen-bond donors (Lipinski definition) is 0. The van der Waals surface area contributed by atoms with Gasteiger partial charge in [-0.2, -0.15) is 0 Å². The zero-order valence-corrected chi connectivity index (χ0v) is 36.5. The standard InChI is InChI=1S/C54H53B2NO4/c1-51(2)52(3,4)59-55(58-51)43-26-32-46(33-27-43)57(47-34-28-44(29-35-47)56-60-53(5,6)54(7,8)61-56)45-30-24-41(25-31-45)50-48(39-20-14-10-15-21-39)36-42(38-18-12-9-13-19-38)37-49(50)40-22-16-11-17-23-40/h9-37H,1-8H3. The topological polar surface area (TPSA) is 40.2 Å². The zero-order valence-electron chi connectivity index (χ0n) is 36.5. The molecule has 2 fully saturated rings. The third-order valence-corrected chi connectivity index (χ3v) is 13.2. The molecule has 5 nitrogen and oxygen atoms in total. The maximum Gasteiger partial charge on any atom is 0.494 e. The maximum absolute atomic E-state index is 6.42. The third kappa shape index (κ3) is 7.77. The van der Waals surface area contributed by atoms with Gasteiger partial charge in [-0.25, -0.2) is 0 Å². The van der Waals surface area contributed by atoms with E-state index < -0.39 is 36.6 Å². The minimum absolute atomic E-state index is 0.425. The summed E-state index contributed by atoms with van der Waals surface area (Å²) in [5.41, 5.74) is 12.7. The molecule has 0 saturated carbocycles. The Balaban J connectivity index is 1.14. The molecule has 0 unspecified atom stereocenters. The molecular formula is C54H53B2NO4. The van der Waals surface area contributed by atoms with Crippen LogP contribution in [0.25, 0.3) is 44.5 Å². The molecule has 0 atom stereocenters. The molecular weight excluding hydrogens is 748 g/mol. The quantitative estimate of drug-likeness (QED) is 0.136. The molecule has 7 aromatic carbocycles. The summed E-state index contributed by atoms with van der Waals surface area (Å²) in [6, 6.07) is 62.9. The Morgan fingerprint density at radius 2 is 0.639 bits per heavy atom. The molecule has 2 saturated heterocycles. The van der Waals surface area contributed by atoms with Crippen LogP contribution in [0.4, 0.5) is 17.1 Å². The number of anilines is 3. The van der Waals surface area contributed by atoms with Gasteiger partial charge in [0.25, 0.3) is 0 Å². The van der Waals surface area contributed by atoms with E-state index in [9.17, 15) is 0 Å². The number of rotatable bonds is 9. The second-order valence-corrected chi connectivity index (χ2v) is 18.3. The van der Waals surface area contributed by atoms with Gasteiger partial charge in [0.15, 0.2) is 0 Å².